The first-order chi connectivity index (χ1) is 7.49. The molecule has 16 heavy (non-hydrogen) atoms. The molecule has 0 rings (SSSR count). The van der Waals surface area contributed by atoms with Crippen LogP contribution < -0.4 is 11.1 Å². The molecule has 0 bridgehead atoms. The van der Waals surface area contributed by atoms with Gasteiger partial charge >= 0.3 is 0 Å². The predicted octanol–water partition coefficient (Wildman–Crippen LogP) is 0.885. The van der Waals surface area contributed by atoms with Crippen molar-refractivity contribution < 1.29 is 9.90 Å². The highest BCUT2D eigenvalue weighted by Crippen LogP contribution is 2.13. The van der Waals surface area contributed by atoms with Crippen LogP contribution >= 0.6 is 0 Å². The molecule has 0 fully saturated rings. The second-order valence-electron chi connectivity index (χ2n) is 4.80. The second kappa shape index (κ2) is 8.53. The summed E-state index contributed by atoms with van der Waals surface area (Å²) in [5.41, 5.74) is 5.62. The van der Waals surface area contributed by atoms with E-state index in [1.165, 1.54) is 0 Å². The minimum Gasteiger partial charge on any atom is -0.391 e. The molecule has 0 heterocycles. The van der Waals surface area contributed by atoms with Crippen LogP contribution in [-0.4, -0.2) is 30.2 Å². The molecule has 0 radical (unpaired) electrons. The van der Waals surface area contributed by atoms with E-state index in [0.29, 0.717) is 31.8 Å². The lowest BCUT2D eigenvalue weighted by molar-refractivity contribution is -0.122. The summed E-state index contributed by atoms with van der Waals surface area (Å²) >= 11 is 0. The highest BCUT2D eigenvalue weighted by molar-refractivity contribution is 5.76. The minimum atomic E-state index is -0.439. The molecule has 4 N–H and O–H groups in total. The smallest absolute Gasteiger partial charge is 0.220 e. The molecule has 0 saturated carbocycles. The first-order valence-electron chi connectivity index (χ1n) is 6.14. The quantitative estimate of drug-likeness (QED) is 0.579. The molecule has 0 aliphatic heterocycles. The van der Waals surface area contributed by atoms with Gasteiger partial charge in [-0.3, -0.25) is 4.79 Å². The summed E-state index contributed by atoms with van der Waals surface area (Å²) in [7, 11) is 0. The molecule has 2 atom stereocenters. The largest absolute Gasteiger partial charge is 0.391 e. The van der Waals surface area contributed by atoms with E-state index in [4.69, 9.17) is 5.73 Å². The summed E-state index contributed by atoms with van der Waals surface area (Å²) in [4.78, 5) is 11.5. The van der Waals surface area contributed by atoms with Gasteiger partial charge in [0.25, 0.3) is 0 Å². The van der Waals surface area contributed by atoms with E-state index >= 15 is 0 Å². The summed E-state index contributed by atoms with van der Waals surface area (Å²) in [6.45, 7) is 7.03. The first-order valence-corrected chi connectivity index (χ1v) is 6.14. The molecule has 96 valence electrons. The molecule has 4 nitrogen and oxygen atoms in total. The van der Waals surface area contributed by atoms with Gasteiger partial charge in [-0.25, -0.2) is 0 Å². The third-order valence-corrected chi connectivity index (χ3v) is 2.62. The van der Waals surface area contributed by atoms with Crippen LogP contribution in [0.5, 0.6) is 0 Å². The zero-order valence-corrected chi connectivity index (χ0v) is 10.7. The van der Waals surface area contributed by atoms with Gasteiger partial charge in [0.15, 0.2) is 0 Å². The Hall–Kier alpha value is -0.610. The molecular weight excluding hydrogens is 204 g/mol. The summed E-state index contributed by atoms with van der Waals surface area (Å²) in [5.74, 6) is 0.796. The van der Waals surface area contributed by atoms with Crippen molar-refractivity contribution in [1.82, 2.24) is 5.32 Å². The van der Waals surface area contributed by atoms with E-state index in [0.717, 1.165) is 6.42 Å². The highest BCUT2D eigenvalue weighted by atomic mass is 16.3. The van der Waals surface area contributed by atoms with Crippen LogP contribution in [0.25, 0.3) is 0 Å². The summed E-state index contributed by atoms with van der Waals surface area (Å²) in [5, 5.41) is 12.0. The molecule has 0 spiro atoms. The number of aliphatic hydroxyl groups is 1. The normalized spacial score (nSPS) is 14.9. The van der Waals surface area contributed by atoms with E-state index < -0.39 is 6.10 Å². The zero-order valence-electron chi connectivity index (χ0n) is 10.7. The number of rotatable bonds is 8. The maximum absolute atomic E-state index is 11.5. The number of hydrogen-bond donors (Lipinski definition) is 3. The van der Waals surface area contributed by atoms with Crippen molar-refractivity contribution in [2.24, 2.45) is 17.6 Å². The van der Waals surface area contributed by atoms with Gasteiger partial charge in [-0.1, -0.05) is 20.8 Å². The third-order valence-electron chi connectivity index (χ3n) is 2.62. The number of carbonyl (C=O) groups excluding carboxylic acids is 1. The van der Waals surface area contributed by atoms with E-state index in [-0.39, 0.29) is 11.8 Å². The van der Waals surface area contributed by atoms with Gasteiger partial charge in [0.1, 0.15) is 0 Å². The van der Waals surface area contributed by atoms with Gasteiger partial charge in [0.05, 0.1) is 6.10 Å². The maximum Gasteiger partial charge on any atom is 0.220 e. The fourth-order valence-corrected chi connectivity index (χ4v) is 1.64. The number of nitrogens with two attached hydrogens (primary N) is 1. The van der Waals surface area contributed by atoms with Gasteiger partial charge in [-0.05, 0) is 31.2 Å². The SMILES string of the molecule is CCC(O)CNC(=O)C[C@@H](CN)CC(C)C. The predicted molar refractivity (Wildman–Crippen MR) is 65.9 cm³/mol. The van der Waals surface area contributed by atoms with Crippen molar-refractivity contribution in [2.75, 3.05) is 13.1 Å². The molecule has 0 aliphatic rings. The van der Waals surface area contributed by atoms with Gasteiger partial charge in [-0.15, -0.1) is 0 Å². The Kier molecular flexibility index (Phi) is 8.21. The fraction of sp³-hybridized carbons (Fsp3) is 0.917. The number of aliphatic hydroxyl groups excluding tert-OH is 1. The monoisotopic (exact) mass is 230 g/mol. The van der Waals surface area contributed by atoms with Crippen LogP contribution in [0.15, 0.2) is 0 Å². The lowest BCUT2D eigenvalue weighted by Crippen LogP contribution is -2.34. The number of hydrogen-bond acceptors (Lipinski definition) is 3. The van der Waals surface area contributed by atoms with Crippen LogP contribution in [0.2, 0.25) is 0 Å². The topological polar surface area (TPSA) is 75.3 Å². The van der Waals surface area contributed by atoms with E-state index in [2.05, 4.69) is 19.2 Å². The van der Waals surface area contributed by atoms with Crippen molar-refractivity contribution in [3.63, 3.8) is 0 Å². The molecule has 0 saturated heterocycles. The summed E-state index contributed by atoms with van der Waals surface area (Å²) in [6.07, 6.45) is 1.66. The maximum atomic E-state index is 11.5. The summed E-state index contributed by atoms with van der Waals surface area (Å²) < 4.78 is 0. The number of amides is 1. The lowest BCUT2D eigenvalue weighted by atomic mass is 9.94. The fourth-order valence-electron chi connectivity index (χ4n) is 1.64. The van der Waals surface area contributed by atoms with E-state index in [1.807, 2.05) is 6.92 Å². The van der Waals surface area contributed by atoms with Crippen LogP contribution in [-0.2, 0) is 4.79 Å². The molecular formula is C12H26N2O2. The van der Waals surface area contributed by atoms with Gasteiger partial charge in [0, 0.05) is 13.0 Å². The molecule has 4 heteroatoms. The van der Waals surface area contributed by atoms with Crippen molar-refractivity contribution in [1.29, 1.82) is 0 Å². The van der Waals surface area contributed by atoms with Gasteiger partial charge in [0.2, 0.25) is 5.91 Å². The first kappa shape index (κ1) is 15.4. The Bertz CT molecular complexity index is 195. The Morgan fingerprint density at radius 2 is 2.06 bits per heavy atom. The Balaban J connectivity index is 3.82. The highest BCUT2D eigenvalue weighted by Gasteiger charge is 2.14. The molecule has 1 amide bonds. The van der Waals surface area contributed by atoms with Crippen molar-refractivity contribution in [3.05, 3.63) is 0 Å². The minimum absolute atomic E-state index is 0.0106. The number of carbonyl (C=O) groups is 1. The van der Waals surface area contributed by atoms with Crippen LogP contribution in [0, 0.1) is 11.8 Å². The molecule has 0 aliphatic carbocycles. The van der Waals surface area contributed by atoms with Gasteiger partial charge in [-0.2, -0.15) is 0 Å². The molecule has 0 aromatic heterocycles. The van der Waals surface area contributed by atoms with Crippen molar-refractivity contribution in [2.45, 2.75) is 46.1 Å². The van der Waals surface area contributed by atoms with Crippen LogP contribution in [0.3, 0.4) is 0 Å². The van der Waals surface area contributed by atoms with E-state index in [1.54, 1.807) is 0 Å². The summed E-state index contributed by atoms with van der Waals surface area (Å²) in [6, 6.07) is 0. The lowest BCUT2D eigenvalue weighted by Gasteiger charge is -2.17. The van der Waals surface area contributed by atoms with Crippen molar-refractivity contribution in [3.8, 4) is 0 Å². The molecule has 0 aromatic carbocycles. The molecule has 1 unspecified atom stereocenters. The van der Waals surface area contributed by atoms with E-state index in [9.17, 15) is 9.90 Å². The number of nitrogens with one attached hydrogen (secondary N) is 1. The molecule has 0 aromatic rings. The Morgan fingerprint density at radius 1 is 1.44 bits per heavy atom. The average molecular weight is 230 g/mol. The van der Waals surface area contributed by atoms with Crippen LogP contribution in [0.4, 0.5) is 0 Å². The average Bonchev–Trinajstić information content (AvgIpc) is 2.24. The Morgan fingerprint density at radius 3 is 2.50 bits per heavy atom. The third kappa shape index (κ3) is 7.65. The second-order valence-corrected chi connectivity index (χ2v) is 4.80. The Labute approximate surface area is 98.6 Å². The standard InChI is InChI=1S/C12H26N2O2/c1-4-11(15)8-14-12(16)6-10(7-13)5-9(2)3/h9-11,15H,4-8,13H2,1-3H3,(H,14,16)/t10-,11?/m0/s1. The van der Waals surface area contributed by atoms with Crippen molar-refractivity contribution >= 4 is 5.91 Å². The zero-order chi connectivity index (χ0) is 12.6. The van der Waals surface area contributed by atoms with Crippen LogP contribution in [0.1, 0.15) is 40.0 Å². The van der Waals surface area contributed by atoms with Gasteiger partial charge < -0.3 is 16.2 Å².